The van der Waals surface area contributed by atoms with E-state index in [2.05, 4.69) is 15.0 Å². The Morgan fingerprint density at radius 1 is 1.20 bits per heavy atom. The van der Waals surface area contributed by atoms with Crippen molar-refractivity contribution in [2.45, 2.75) is 11.4 Å². The molecule has 0 aliphatic heterocycles. The Morgan fingerprint density at radius 2 is 1.95 bits per heavy atom. The van der Waals surface area contributed by atoms with Crippen molar-refractivity contribution in [1.29, 1.82) is 0 Å². The summed E-state index contributed by atoms with van der Waals surface area (Å²) < 4.78 is 27.2. The van der Waals surface area contributed by atoms with Crippen LogP contribution in [0.1, 0.15) is 5.56 Å². The fourth-order valence-corrected chi connectivity index (χ4v) is 3.24. The highest BCUT2D eigenvalue weighted by molar-refractivity contribution is 7.92. The van der Waals surface area contributed by atoms with Crippen LogP contribution in [0.5, 0.6) is 0 Å². The van der Waals surface area contributed by atoms with Gasteiger partial charge in [0.25, 0.3) is 10.0 Å². The summed E-state index contributed by atoms with van der Waals surface area (Å²) in [5.41, 5.74) is 0.676. The van der Waals surface area contributed by atoms with Gasteiger partial charge in [-0.15, -0.1) is 0 Å². The molecule has 0 bridgehead atoms. The zero-order valence-corrected chi connectivity index (χ0v) is 12.4. The van der Waals surface area contributed by atoms with Crippen molar-refractivity contribution in [3.8, 4) is 0 Å². The van der Waals surface area contributed by atoms with E-state index in [1.54, 1.807) is 43.4 Å². The van der Waals surface area contributed by atoms with Gasteiger partial charge in [0.1, 0.15) is 0 Å². The number of benzene rings is 1. The predicted octanol–water partition coefficient (Wildman–Crippen LogP) is 2.26. The highest BCUT2D eigenvalue weighted by atomic mass is 35.5. The minimum absolute atomic E-state index is 0.119. The third-order valence-corrected chi connectivity index (χ3v) is 4.36. The van der Waals surface area contributed by atoms with Gasteiger partial charge in [-0.3, -0.25) is 4.72 Å². The lowest BCUT2D eigenvalue weighted by molar-refractivity contribution is 0.599. The van der Waals surface area contributed by atoms with Gasteiger partial charge in [0.15, 0.2) is 5.82 Å². The van der Waals surface area contributed by atoms with Crippen molar-refractivity contribution in [3.63, 3.8) is 0 Å². The molecule has 0 spiro atoms. The van der Waals surface area contributed by atoms with Gasteiger partial charge in [-0.05, 0) is 30.8 Å². The Hall–Kier alpha value is -1.63. The minimum atomic E-state index is -3.73. The Kier molecular flexibility index (Phi) is 4.59. The van der Waals surface area contributed by atoms with Crippen molar-refractivity contribution in [1.82, 2.24) is 10.3 Å². The maximum Gasteiger partial charge on any atom is 0.263 e. The average molecular weight is 312 g/mol. The lowest BCUT2D eigenvalue weighted by Crippen LogP contribution is -2.18. The molecule has 1 aromatic carbocycles. The van der Waals surface area contributed by atoms with E-state index in [-0.39, 0.29) is 15.7 Å². The molecule has 7 heteroatoms. The molecule has 0 radical (unpaired) electrons. The van der Waals surface area contributed by atoms with E-state index in [9.17, 15) is 8.42 Å². The van der Waals surface area contributed by atoms with Crippen LogP contribution in [0.15, 0.2) is 47.5 Å². The van der Waals surface area contributed by atoms with E-state index in [4.69, 9.17) is 11.6 Å². The summed E-state index contributed by atoms with van der Waals surface area (Å²) in [6.07, 6.45) is 1.48. The number of nitrogens with one attached hydrogen (secondary N) is 2. The molecule has 0 saturated carbocycles. The van der Waals surface area contributed by atoms with Gasteiger partial charge < -0.3 is 5.32 Å². The van der Waals surface area contributed by atoms with Gasteiger partial charge in [-0.25, -0.2) is 13.4 Å². The lowest BCUT2D eigenvalue weighted by Gasteiger charge is -2.12. The molecule has 0 aliphatic rings. The van der Waals surface area contributed by atoms with E-state index in [0.717, 1.165) is 0 Å². The predicted molar refractivity (Wildman–Crippen MR) is 79.3 cm³/mol. The van der Waals surface area contributed by atoms with E-state index in [1.807, 2.05) is 0 Å². The molecule has 0 atom stereocenters. The molecule has 2 N–H and O–H groups in total. The summed E-state index contributed by atoms with van der Waals surface area (Å²) in [4.78, 5) is 4.13. The molecule has 1 heterocycles. The normalized spacial score (nSPS) is 11.3. The van der Waals surface area contributed by atoms with Crippen LogP contribution in [0.25, 0.3) is 0 Å². The zero-order valence-electron chi connectivity index (χ0n) is 10.8. The van der Waals surface area contributed by atoms with Crippen LogP contribution in [0.3, 0.4) is 0 Å². The topological polar surface area (TPSA) is 71.1 Å². The fourth-order valence-electron chi connectivity index (χ4n) is 1.75. The Bertz CT molecular complexity index is 704. The van der Waals surface area contributed by atoms with E-state index in [1.165, 1.54) is 6.20 Å². The number of pyridine rings is 1. The molecule has 0 saturated heterocycles. The van der Waals surface area contributed by atoms with Crippen LogP contribution in [-0.4, -0.2) is 20.4 Å². The number of aromatic nitrogens is 1. The fraction of sp³-hybridized carbons (Fsp3) is 0.154. The molecule has 20 heavy (non-hydrogen) atoms. The first-order valence-corrected chi connectivity index (χ1v) is 7.76. The Labute approximate surface area is 123 Å². The van der Waals surface area contributed by atoms with Crippen LogP contribution in [0.4, 0.5) is 5.82 Å². The standard InChI is InChI=1S/C13H14ClN3O2S/c1-15-9-10-5-2-3-7-12(10)20(18,19)17-13-11(14)6-4-8-16-13/h2-8,15H,9H2,1H3,(H,16,17). The van der Waals surface area contributed by atoms with Crippen LogP contribution in [0.2, 0.25) is 5.02 Å². The molecule has 5 nitrogen and oxygen atoms in total. The molecule has 0 unspecified atom stereocenters. The minimum Gasteiger partial charge on any atom is -0.316 e. The molecule has 0 fully saturated rings. The summed E-state index contributed by atoms with van der Waals surface area (Å²) in [6, 6.07) is 9.98. The third-order valence-electron chi connectivity index (χ3n) is 2.62. The van der Waals surface area contributed by atoms with Gasteiger partial charge >= 0.3 is 0 Å². The number of hydrogen-bond acceptors (Lipinski definition) is 4. The lowest BCUT2D eigenvalue weighted by atomic mass is 10.2. The quantitative estimate of drug-likeness (QED) is 0.888. The second-order valence-corrected chi connectivity index (χ2v) is 6.14. The summed E-state index contributed by atoms with van der Waals surface area (Å²) in [5, 5.41) is 3.19. The maximum atomic E-state index is 12.4. The number of nitrogens with zero attached hydrogens (tertiary/aromatic N) is 1. The molecular weight excluding hydrogens is 298 g/mol. The first-order chi connectivity index (χ1) is 9.54. The van der Waals surface area contributed by atoms with E-state index >= 15 is 0 Å². The number of anilines is 1. The second kappa shape index (κ2) is 6.21. The largest absolute Gasteiger partial charge is 0.316 e. The summed E-state index contributed by atoms with van der Waals surface area (Å²) in [6.45, 7) is 0.451. The van der Waals surface area contributed by atoms with Crippen molar-refractivity contribution in [2.24, 2.45) is 0 Å². The molecule has 1 aromatic heterocycles. The highest BCUT2D eigenvalue weighted by Gasteiger charge is 2.19. The molecular formula is C13H14ClN3O2S. The van der Waals surface area contributed by atoms with Gasteiger partial charge in [-0.1, -0.05) is 29.8 Å². The van der Waals surface area contributed by atoms with Crippen molar-refractivity contribution in [3.05, 3.63) is 53.2 Å². The monoisotopic (exact) mass is 311 g/mol. The molecule has 2 aromatic rings. The van der Waals surface area contributed by atoms with E-state index in [0.29, 0.717) is 12.1 Å². The number of halogens is 1. The highest BCUT2D eigenvalue weighted by Crippen LogP contribution is 2.23. The zero-order chi connectivity index (χ0) is 14.6. The molecule has 106 valence electrons. The van der Waals surface area contributed by atoms with Crippen molar-refractivity contribution >= 4 is 27.4 Å². The second-order valence-electron chi connectivity index (χ2n) is 4.08. The van der Waals surface area contributed by atoms with Crippen LogP contribution < -0.4 is 10.0 Å². The van der Waals surface area contributed by atoms with Crippen LogP contribution in [0, 0.1) is 0 Å². The van der Waals surface area contributed by atoms with Crippen molar-refractivity contribution in [2.75, 3.05) is 11.8 Å². The van der Waals surface area contributed by atoms with Gasteiger partial charge in [-0.2, -0.15) is 0 Å². The van der Waals surface area contributed by atoms with Gasteiger partial charge in [0, 0.05) is 12.7 Å². The van der Waals surface area contributed by atoms with Gasteiger partial charge in [0.05, 0.1) is 9.92 Å². The summed E-state index contributed by atoms with van der Waals surface area (Å²) in [5.74, 6) is 0.119. The maximum absolute atomic E-state index is 12.4. The molecule has 0 aliphatic carbocycles. The van der Waals surface area contributed by atoms with Crippen LogP contribution >= 0.6 is 11.6 Å². The molecule has 2 rings (SSSR count). The number of sulfonamides is 1. The summed E-state index contributed by atoms with van der Waals surface area (Å²) >= 11 is 5.92. The first kappa shape index (κ1) is 14.8. The SMILES string of the molecule is CNCc1ccccc1S(=O)(=O)Nc1ncccc1Cl. The smallest absolute Gasteiger partial charge is 0.263 e. The first-order valence-electron chi connectivity index (χ1n) is 5.90. The number of rotatable bonds is 5. The average Bonchev–Trinajstić information content (AvgIpc) is 2.42. The van der Waals surface area contributed by atoms with Crippen LogP contribution in [-0.2, 0) is 16.6 Å². The Balaban J connectivity index is 2.39. The number of hydrogen-bond donors (Lipinski definition) is 2. The van der Waals surface area contributed by atoms with E-state index < -0.39 is 10.0 Å². The summed E-state index contributed by atoms with van der Waals surface area (Å²) in [7, 11) is -1.97. The molecule has 0 amide bonds. The Morgan fingerprint density at radius 3 is 2.65 bits per heavy atom. The third kappa shape index (κ3) is 3.27. The van der Waals surface area contributed by atoms with Crippen molar-refractivity contribution < 1.29 is 8.42 Å². The van der Waals surface area contributed by atoms with Gasteiger partial charge in [0.2, 0.25) is 0 Å².